The molecule has 1 fully saturated rings. The van der Waals surface area contributed by atoms with E-state index in [0.29, 0.717) is 19.5 Å². The fraction of sp³-hybridized carbons (Fsp3) is 0.533. The van der Waals surface area contributed by atoms with Crippen molar-refractivity contribution >= 4 is 16.9 Å². The highest BCUT2D eigenvalue weighted by Crippen LogP contribution is 2.26. The number of aliphatic hydroxyl groups is 1. The largest absolute Gasteiger partial charge is 0.388 e. The van der Waals surface area contributed by atoms with Crippen molar-refractivity contribution in [3.63, 3.8) is 0 Å². The summed E-state index contributed by atoms with van der Waals surface area (Å²) in [6.45, 7) is 2.08. The maximum Gasteiger partial charge on any atom is 0.220 e. The minimum Gasteiger partial charge on any atom is -0.388 e. The lowest BCUT2D eigenvalue weighted by molar-refractivity contribution is -0.125. The van der Waals surface area contributed by atoms with Crippen molar-refractivity contribution < 1.29 is 9.90 Å². The number of aryl methyl sites for hydroxylation is 1. The Bertz CT molecular complexity index is 698. The maximum atomic E-state index is 11.1. The van der Waals surface area contributed by atoms with Crippen molar-refractivity contribution in [3.8, 4) is 0 Å². The lowest BCUT2D eigenvalue weighted by Crippen LogP contribution is -2.49. The van der Waals surface area contributed by atoms with E-state index in [4.69, 9.17) is 5.73 Å². The second kappa shape index (κ2) is 5.66. The van der Waals surface area contributed by atoms with Crippen LogP contribution in [0.15, 0.2) is 18.2 Å². The Morgan fingerprint density at radius 2 is 2.32 bits per heavy atom. The molecule has 0 saturated carbocycles. The van der Waals surface area contributed by atoms with E-state index >= 15 is 0 Å². The number of nitrogens with two attached hydrogens (primary N) is 1. The van der Waals surface area contributed by atoms with Crippen molar-refractivity contribution in [2.24, 2.45) is 12.8 Å². The number of rotatable bonds is 4. The second-order valence-corrected chi connectivity index (χ2v) is 6.22. The summed E-state index contributed by atoms with van der Waals surface area (Å²) >= 11 is 0. The molecule has 0 spiro atoms. The normalized spacial score (nSPS) is 23.0. The number of benzene rings is 1. The number of piperidine rings is 1. The number of nitrogens with zero attached hydrogens (tertiary/aromatic N) is 4. The molecule has 0 radical (unpaired) electrons. The number of amides is 1. The average Bonchev–Trinajstić information content (AvgIpc) is 2.78. The first kappa shape index (κ1) is 14.9. The number of carbonyl (C=O) groups is 1. The van der Waals surface area contributed by atoms with Crippen LogP contribution in [0.4, 0.5) is 0 Å². The Kier molecular flexibility index (Phi) is 3.84. The predicted octanol–water partition coefficient (Wildman–Crippen LogP) is 0.171. The zero-order valence-corrected chi connectivity index (χ0v) is 12.7. The van der Waals surface area contributed by atoms with Crippen LogP contribution >= 0.6 is 0 Å². The van der Waals surface area contributed by atoms with Crippen LogP contribution in [0.1, 0.15) is 24.8 Å². The molecule has 2 heterocycles. The number of hydrogen-bond acceptors (Lipinski definition) is 5. The minimum absolute atomic E-state index is 0.0205. The van der Waals surface area contributed by atoms with E-state index in [9.17, 15) is 9.90 Å². The van der Waals surface area contributed by atoms with Crippen LogP contribution in [0.2, 0.25) is 0 Å². The standard InChI is InChI=1S/C15H21N5O2/c1-19-13-4-3-11(7-12(13)17-18-19)9-20-6-2-5-15(22,10-20)8-14(16)21/h3-4,7,22H,2,5-6,8-10H2,1H3,(H2,16,21). The summed E-state index contributed by atoms with van der Waals surface area (Å²) < 4.78 is 1.74. The van der Waals surface area contributed by atoms with E-state index in [0.717, 1.165) is 29.6 Å². The zero-order chi connectivity index (χ0) is 15.7. The SMILES string of the molecule is Cn1nnc2cc(CN3CCCC(O)(CC(N)=O)C3)ccc21. The number of aromatic nitrogens is 3. The number of carbonyl (C=O) groups excluding carboxylic acids is 1. The average molecular weight is 303 g/mol. The molecule has 1 amide bonds. The molecule has 1 saturated heterocycles. The van der Waals surface area contributed by atoms with Gasteiger partial charge < -0.3 is 10.8 Å². The summed E-state index contributed by atoms with van der Waals surface area (Å²) in [5.41, 5.74) is 7.22. The van der Waals surface area contributed by atoms with Gasteiger partial charge in [-0.2, -0.15) is 0 Å². The summed E-state index contributed by atoms with van der Waals surface area (Å²) in [5, 5.41) is 18.6. The van der Waals surface area contributed by atoms with Gasteiger partial charge in [0.15, 0.2) is 0 Å². The molecule has 7 nitrogen and oxygen atoms in total. The van der Waals surface area contributed by atoms with Gasteiger partial charge in [0, 0.05) is 20.1 Å². The summed E-state index contributed by atoms with van der Waals surface area (Å²) in [7, 11) is 1.86. The van der Waals surface area contributed by atoms with E-state index < -0.39 is 11.5 Å². The lowest BCUT2D eigenvalue weighted by atomic mass is 9.89. The molecule has 0 aliphatic carbocycles. The zero-order valence-electron chi connectivity index (χ0n) is 12.7. The lowest BCUT2D eigenvalue weighted by Gasteiger charge is -2.38. The Hall–Kier alpha value is -1.99. The quantitative estimate of drug-likeness (QED) is 0.839. The van der Waals surface area contributed by atoms with Gasteiger partial charge in [0.1, 0.15) is 5.52 Å². The Labute approximate surface area is 128 Å². The number of hydrogen-bond donors (Lipinski definition) is 2. The molecule has 1 unspecified atom stereocenters. The Morgan fingerprint density at radius 3 is 3.09 bits per heavy atom. The van der Waals surface area contributed by atoms with E-state index in [1.165, 1.54) is 0 Å². The summed E-state index contributed by atoms with van der Waals surface area (Å²) in [5.74, 6) is -0.453. The highest BCUT2D eigenvalue weighted by molar-refractivity contribution is 5.75. The number of fused-ring (bicyclic) bond motifs is 1. The molecule has 3 rings (SSSR count). The van der Waals surface area contributed by atoms with E-state index in [1.54, 1.807) is 4.68 Å². The first-order chi connectivity index (χ1) is 10.5. The first-order valence-corrected chi connectivity index (χ1v) is 7.47. The van der Waals surface area contributed by atoms with Crippen LogP contribution < -0.4 is 5.73 Å². The van der Waals surface area contributed by atoms with Crippen LogP contribution in [0.5, 0.6) is 0 Å². The van der Waals surface area contributed by atoms with Gasteiger partial charge in [-0.25, -0.2) is 4.68 Å². The van der Waals surface area contributed by atoms with Gasteiger partial charge in [-0.3, -0.25) is 9.69 Å². The fourth-order valence-corrected chi connectivity index (χ4v) is 3.25. The van der Waals surface area contributed by atoms with Crippen molar-refractivity contribution in [1.29, 1.82) is 0 Å². The molecule has 22 heavy (non-hydrogen) atoms. The molecule has 0 bridgehead atoms. The van der Waals surface area contributed by atoms with Crippen LogP contribution in [0.3, 0.4) is 0 Å². The molecule has 118 valence electrons. The molecular formula is C15H21N5O2. The number of primary amides is 1. The van der Waals surface area contributed by atoms with Crippen molar-refractivity contribution in [1.82, 2.24) is 19.9 Å². The van der Waals surface area contributed by atoms with Crippen LogP contribution in [-0.4, -0.2) is 49.6 Å². The molecular weight excluding hydrogens is 282 g/mol. The van der Waals surface area contributed by atoms with Gasteiger partial charge in [-0.1, -0.05) is 11.3 Å². The van der Waals surface area contributed by atoms with E-state index in [2.05, 4.69) is 15.2 Å². The maximum absolute atomic E-state index is 11.1. The number of likely N-dealkylation sites (tertiary alicyclic amines) is 1. The third-order valence-electron chi connectivity index (χ3n) is 4.22. The van der Waals surface area contributed by atoms with E-state index in [-0.39, 0.29) is 6.42 Å². The van der Waals surface area contributed by atoms with E-state index in [1.807, 2.05) is 25.2 Å². The van der Waals surface area contributed by atoms with Gasteiger partial charge in [0.05, 0.1) is 17.5 Å². The smallest absolute Gasteiger partial charge is 0.220 e. The van der Waals surface area contributed by atoms with Gasteiger partial charge in [0.2, 0.25) is 5.91 Å². The van der Waals surface area contributed by atoms with Crippen molar-refractivity contribution in [2.45, 2.75) is 31.4 Å². The third-order valence-corrected chi connectivity index (χ3v) is 4.22. The molecule has 1 atom stereocenters. The van der Waals surface area contributed by atoms with Gasteiger partial charge >= 0.3 is 0 Å². The van der Waals surface area contributed by atoms with Gasteiger partial charge in [-0.05, 0) is 37.1 Å². The number of β-amino-alcohol motifs (C(OH)–C–C–N with tert-alkyl or cyclic N) is 1. The topological polar surface area (TPSA) is 97.3 Å². The summed E-state index contributed by atoms with van der Waals surface area (Å²) in [4.78, 5) is 13.3. The highest BCUT2D eigenvalue weighted by Gasteiger charge is 2.34. The molecule has 7 heteroatoms. The summed E-state index contributed by atoms with van der Waals surface area (Å²) in [6.07, 6.45) is 1.50. The summed E-state index contributed by atoms with van der Waals surface area (Å²) in [6, 6.07) is 6.07. The molecule has 1 aliphatic rings. The Balaban J connectivity index is 1.72. The Morgan fingerprint density at radius 1 is 1.50 bits per heavy atom. The fourth-order valence-electron chi connectivity index (χ4n) is 3.25. The molecule has 1 aliphatic heterocycles. The second-order valence-electron chi connectivity index (χ2n) is 6.22. The molecule has 3 N–H and O–H groups in total. The van der Waals surface area contributed by atoms with Crippen LogP contribution in [-0.2, 0) is 18.4 Å². The monoisotopic (exact) mass is 303 g/mol. The first-order valence-electron chi connectivity index (χ1n) is 7.47. The molecule has 1 aromatic carbocycles. The van der Waals surface area contributed by atoms with Crippen LogP contribution in [0.25, 0.3) is 11.0 Å². The molecule has 2 aromatic rings. The highest BCUT2D eigenvalue weighted by atomic mass is 16.3. The minimum atomic E-state index is -0.999. The van der Waals surface area contributed by atoms with Crippen molar-refractivity contribution in [3.05, 3.63) is 23.8 Å². The predicted molar refractivity (Wildman–Crippen MR) is 81.8 cm³/mol. The van der Waals surface area contributed by atoms with Gasteiger partial charge in [-0.15, -0.1) is 5.10 Å². The van der Waals surface area contributed by atoms with Gasteiger partial charge in [0.25, 0.3) is 0 Å². The van der Waals surface area contributed by atoms with Crippen LogP contribution in [0, 0.1) is 0 Å². The van der Waals surface area contributed by atoms with Crippen molar-refractivity contribution in [2.75, 3.05) is 13.1 Å². The third kappa shape index (κ3) is 3.10. The molecule has 1 aromatic heterocycles.